The molecule has 1 aliphatic heterocycles. The van der Waals surface area contributed by atoms with E-state index in [1.54, 1.807) is 0 Å². The summed E-state index contributed by atoms with van der Waals surface area (Å²) < 4.78 is 32.5. The number of benzene rings is 1. The van der Waals surface area contributed by atoms with Crippen molar-refractivity contribution in [1.82, 2.24) is 14.5 Å². The summed E-state index contributed by atoms with van der Waals surface area (Å²) in [7, 11) is 2.11. The summed E-state index contributed by atoms with van der Waals surface area (Å²) in [4.78, 5) is 8.96. The molecule has 242 valence electrons. The zero-order valence-corrected chi connectivity index (χ0v) is 26.9. The molecule has 1 aromatic carbocycles. The van der Waals surface area contributed by atoms with Crippen LogP contribution in [-0.4, -0.2) is 66.1 Å². The van der Waals surface area contributed by atoms with Crippen molar-refractivity contribution < 1.29 is 23.7 Å². The summed E-state index contributed by atoms with van der Waals surface area (Å²) in [6.07, 6.45) is 17.6. The Bertz CT molecular complexity index is 1730. The molecule has 3 aromatic heterocycles. The number of hydrogen-bond acceptors (Lipinski definition) is 7. The van der Waals surface area contributed by atoms with Crippen LogP contribution >= 0.6 is 0 Å². The van der Waals surface area contributed by atoms with Gasteiger partial charge in [0.25, 0.3) is 0 Å². The molecule has 5 fully saturated rings. The van der Waals surface area contributed by atoms with E-state index >= 15 is 0 Å². The Kier molecular flexibility index (Phi) is 7.15. The molecule has 1 saturated heterocycles. The van der Waals surface area contributed by atoms with Crippen molar-refractivity contribution in [3.8, 4) is 17.0 Å². The van der Waals surface area contributed by atoms with E-state index in [0.29, 0.717) is 28.2 Å². The predicted molar refractivity (Wildman–Crippen MR) is 176 cm³/mol. The van der Waals surface area contributed by atoms with Crippen LogP contribution in [-0.2, 0) is 26.0 Å². The molecule has 4 aliphatic carbocycles. The van der Waals surface area contributed by atoms with Gasteiger partial charge < -0.3 is 28.3 Å². The Morgan fingerprint density at radius 1 is 0.848 bits per heavy atom. The Balaban J connectivity index is 0.684. The Morgan fingerprint density at radius 3 is 2.54 bits per heavy atom. The summed E-state index contributed by atoms with van der Waals surface area (Å²) in [5.41, 5.74) is 6.07. The number of fused-ring (bicyclic) bond motifs is 3. The molecule has 5 aliphatic rings. The van der Waals surface area contributed by atoms with Gasteiger partial charge in [-0.2, -0.15) is 0 Å². The Morgan fingerprint density at radius 2 is 1.72 bits per heavy atom. The molecule has 8 heteroatoms. The van der Waals surface area contributed by atoms with Crippen LogP contribution in [0.5, 0.6) is 5.88 Å². The minimum Gasteiger partial charge on any atom is -0.474 e. The van der Waals surface area contributed by atoms with Crippen molar-refractivity contribution >= 4 is 21.8 Å². The van der Waals surface area contributed by atoms with E-state index in [-0.39, 0.29) is 12.4 Å². The van der Waals surface area contributed by atoms with Gasteiger partial charge in [0.2, 0.25) is 5.88 Å². The number of rotatable bonds is 14. The lowest BCUT2D eigenvalue weighted by molar-refractivity contribution is -0.163. The summed E-state index contributed by atoms with van der Waals surface area (Å²) in [6.45, 7) is 4.31. The topological polar surface area (TPSA) is 76.9 Å². The third-order valence-electron chi connectivity index (χ3n) is 12.1. The highest BCUT2D eigenvalue weighted by Crippen LogP contribution is 3.00. The second-order valence-electron chi connectivity index (χ2n) is 14.8. The van der Waals surface area contributed by atoms with Gasteiger partial charge in [0.1, 0.15) is 6.10 Å². The highest BCUT2D eigenvalue weighted by atomic mass is 16.7. The number of aryl methyl sites for hydroxylation is 1. The zero-order valence-electron chi connectivity index (χ0n) is 26.9. The third-order valence-corrected chi connectivity index (χ3v) is 12.1. The van der Waals surface area contributed by atoms with Crippen LogP contribution in [0.4, 0.5) is 0 Å². The predicted octanol–water partition coefficient (Wildman–Crippen LogP) is 7.23. The summed E-state index contributed by atoms with van der Waals surface area (Å²) >= 11 is 0. The van der Waals surface area contributed by atoms with Crippen molar-refractivity contribution in [2.75, 3.05) is 33.0 Å². The van der Waals surface area contributed by atoms with Gasteiger partial charge in [-0.3, -0.25) is 4.98 Å². The zero-order chi connectivity index (χ0) is 30.8. The summed E-state index contributed by atoms with van der Waals surface area (Å²) in [5, 5.41) is 2.40. The lowest BCUT2D eigenvalue weighted by Gasteiger charge is -2.39. The standard InChI is InChI=1S/C38H45N3O5/c1-41-32-11-12-39-20-31(32)30-9-7-26(16-33(30)41)27-8-10-34(40-19-27)46-29-17-28(18-29)45-25-37-21-36(22-38(36,37)23-37)24-42-13-4-5-15-44-35-6-2-3-14-43-35/h7-12,16,19-20,28-29,35H,2-6,13-15,17-18,21-25H2,1H3. The monoisotopic (exact) mass is 623 g/mol. The fourth-order valence-electron chi connectivity index (χ4n) is 9.23. The van der Waals surface area contributed by atoms with Crippen LogP contribution in [0, 0.1) is 16.2 Å². The van der Waals surface area contributed by atoms with Gasteiger partial charge in [-0.15, -0.1) is 0 Å². The molecule has 4 unspecified atom stereocenters. The van der Waals surface area contributed by atoms with Crippen LogP contribution < -0.4 is 4.74 Å². The molecule has 46 heavy (non-hydrogen) atoms. The number of nitrogens with zero attached hydrogens (tertiary/aromatic N) is 3. The first kappa shape index (κ1) is 29.1. The molecule has 4 saturated carbocycles. The van der Waals surface area contributed by atoms with Crippen LogP contribution in [0.2, 0.25) is 0 Å². The van der Waals surface area contributed by atoms with Gasteiger partial charge in [-0.05, 0) is 80.5 Å². The minimum absolute atomic E-state index is 0.0238. The van der Waals surface area contributed by atoms with E-state index in [0.717, 1.165) is 76.3 Å². The van der Waals surface area contributed by atoms with Crippen LogP contribution in [0.15, 0.2) is 55.0 Å². The maximum atomic E-state index is 6.42. The molecule has 0 bridgehead atoms. The first-order chi connectivity index (χ1) is 22.6. The number of hydrogen-bond donors (Lipinski definition) is 0. The van der Waals surface area contributed by atoms with Gasteiger partial charge in [0.15, 0.2) is 6.29 Å². The van der Waals surface area contributed by atoms with Crippen molar-refractivity contribution in [2.45, 2.75) is 82.7 Å². The summed E-state index contributed by atoms with van der Waals surface area (Å²) in [5.74, 6) is 0.691. The van der Waals surface area contributed by atoms with Gasteiger partial charge in [-0.25, -0.2) is 4.98 Å². The quantitative estimate of drug-likeness (QED) is 0.137. The molecular weight excluding hydrogens is 578 g/mol. The maximum Gasteiger partial charge on any atom is 0.213 e. The van der Waals surface area contributed by atoms with Gasteiger partial charge in [-0.1, -0.05) is 12.1 Å². The largest absolute Gasteiger partial charge is 0.474 e. The van der Waals surface area contributed by atoms with Crippen molar-refractivity contribution in [3.63, 3.8) is 0 Å². The van der Waals surface area contributed by atoms with Gasteiger partial charge >= 0.3 is 0 Å². The molecular formula is C38H45N3O5. The lowest BCUT2D eigenvalue weighted by atomic mass is 9.75. The van der Waals surface area contributed by atoms with Crippen molar-refractivity contribution in [2.24, 2.45) is 23.3 Å². The molecule has 4 aromatic rings. The number of ether oxygens (including phenoxy) is 5. The minimum atomic E-state index is 0.0238. The van der Waals surface area contributed by atoms with Crippen LogP contribution in [0.25, 0.3) is 32.9 Å². The summed E-state index contributed by atoms with van der Waals surface area (Å²) in [6, 6.07) is 12.8. The number of unbranched alkanes of at least 4 members (excludes halogenated alkanes) is 1. The molecule has 8 nitrogen and oxygen atoms in total. The highest BCUT2D eigenvalue weighted by Gasteiger charge is 2.96. The molecule has 4 heterocycles. The van der Waals surface area contributed by atoms with Gasteiger partial charge in [0, 0.05) is 97.0 Å². The molecule has 9 rings (SSSR count). The molecule has 0 radical (unpaired) electrons. The van der Waals surface area contributed by atoms with E-state index in [1.165, 1.54) is 53.9 Å². The third kappa shape index (κ3) is 4.86. The van der Waals surface area contributed by atoms with E-state index < -0.39 is 0 Å². The Labute approximate surface area is 270 Å². The van der Waals surface area contributed by atoms with E-state index in [4.69, 9.17) is 23.7 Å². The smallest absolute Gasteiger partial charge is 0.213 e. The fourth-order valence-corrected chi connectivity index (χ4v) is 9.23. The van der Waals surface area contributed by atoms with Crippen LogP contribution in [0.3, 0.4) is 0 Å². The van der Waals surface area contributed by atoms with Crippen LogP contribution in [0.1, 0.15) is 64.2 Å². The second-order valence-corrected chi connectivity index (χ2v) is 14.8. The second kappa shape index (κ2) is 11.3. The Hall–Kier alpha value is -3.04. The lowest BCUT2D eigenvalue weighted by Crippen LogP contribution is -2.42. The first-order valence-electron chi connectivity index (χ1n) is 17.5. The molecule has 0 amide bonds. The van der Waals surface area contributed by atoms with E-state index in [2.05, 4.69) is 51.9 Å². The van der Waals surface area contributed by atoms with E-state index in [1.807, 2.05) is 24.7 Å². The fraction of sp³-hybridized carbons (Fsp3) is 0.579. The average molecular weight is 624 g/mol. The SMILES string of the molecule is Cn1c2ccncc2c2ccc(-c3ccc(OC4CC(OCC56CC7(COCCCCOC8CCCCO8)CC75C6)C4)nc3)cc21. The number of aromatic nitrogens is 3. The number of pyridine rings is 2. The molecule has 0 N–H and O–H groups in total. The highest BCUT2D eigenvalue weighted by molar-refractivity contribution is 6.08. The average Bonchev–Trinajstić information content (AvgIpc) is 3.77. The molecule has 1 spiro atoms. The van der Waals surface area contributed by atoms with Gasteiger partial charge in [0.05, 0.1) is 24.8 Å². The normalized spacial score (nSPS) is 32.4. The molecule has 4 atom stereocenters. The maximum absolute atomic E-state index is 6.42. The van der Waals surface area contributed by atoms with Crippen molar-refractivity contribution in [3.05, 3.63) is 55.0 Å². The van der Waals surface area contributed by atoms with E-state index in [9.17, 15) is 0 Å². The first-order valence-corrected chi connectivity index (χ1v) is 17.5. The van der Waals surface area contributed by atoms with Crippen molar-refractivity contribution in [1.29, 1.82) is 0 Å².